The Morgan fingerprint density at radius 2 is 1.80 bits per heavy atom. The molecule has 15 heteroatoms. The molecule has 2 N–H and O–H groups in total. The highest BCUT2D eigenvalue weighted by Crippen LogP contribution is 2.26. The van der Waals surface area contributed by atoms with Gasteiger partial charge in [-0.15, -0.1) is 0 Å². The number of halogens is 4. The van der Waals surface area contributed by atoms with E-state index in [-0.39, 0.29) is 5.82 Å². The molecule has 4 heterocycles. The van der Waals surface area contributed by atoms with Crippen LogP contribution in [0.2, 0.25) is 0 Å². The van der Waals surface area contributed by atoms with Crippen LogP contribution in [0.25, 0.3) is 27.9 Å². The van der Waals surface area contributed by atoms with E-state index in [2.05, 4.69) is 19.8 Å². The number of benzene rings is 2. The van der Waals surface area contributed by atoms with Gasteiger partial charge in [-0.05, 0) is 30.3 Å². The molecule has 6 rings (SSSR count). The number of hydrogen-bond acceptors (Lipinski definition) is 8. The summed E-state index contributed by atoms with van der Waals surface area (Å²) < 4.78 is 55.0. The SMILES string of the molecule is Cn1c(CNc2nc(N3CCOCC3)nc3c2ncn3-c2cccc(F)c2)nc2ccccc21.O=C(O)C(F)(F)F. The average molecular weight is 573 g/mol. The molecule has 1 saturated heterocycles. The number of rotatable bonds is 5. The number of alkyl halides is 3. The Morgan fingerprint density at radius 1 is 1.07 bits per heavy atom. The van der Waals surface area contributed by atoms with Crippen molar-refractivity contribution in [1.29, 1.82) is 0 Å². The number of nitrogens with one attached hydrogen (secondary N) is 1. The molecule has 1 fully saturated rings. The monoisotopic (exact) mass is 572 g/mol. The zero-order valence-corrected chi connectivity index (χ0v) is 21.6. The Kier molecular flexibility index (Phi) is 7.70. The summed E-state index contributed by atoms with van der Waals surface area (Å²) >= 11 is 0. The average Bonchev–Trinajstić information content (AvgIpc) is 3.53. The smallest absolute Gasteiger partial charge is 0.475 e. The van der Waals surface area contributed by atoms with Gasteiger partial charge in [0.05, 0.1) is 36.5 Å². The van der Waals surface area contributed by atoms with Crippen LogP contribution in [0.1, 0.15) is 5.82 Å². The number of carbonyl (C=O) groups is 1. The molecule has 0 saturated carbocycles. The number of nitrogens with zero attached hydrogens (tertiary/aromatic N) is 7. The Hall–Kier alpha value is -4.79. The van der Waals surface area contributed by atoms with Crippen LogP contribution in [-0.2, 0) is 23.1 Å². The van der Waals surface area contributed by atoms with E-state index in [4.69, 9.17) is 29.6 Å². The van der Waals surface area contributed by atoms with Gasteiger partial charge in [-0.2, -0.15) is 23.1 Å². The Labute approximate surface area is 230 Å². The Balaban J connectivity index is 0.000000431. The van der Waals surface area contributed by atoms with Crippen molar-refractivity contribution >= 4 is 39.9 Å². The largest absolute Gasteiger partial charge is 0.490 e. The first-order chi connectivity index (χ1) is 19.6. The summed E-state index contributed by atoms with van der Waals surface area (Å²) in [5, 5.41) is 10.5. The molecule has 0 spiro atoms. The highest BCUT2D eigenvalue weighted by atomic mass is 19.4. The maximum atomic E-state index is 13.9. The Bertz CT molecular complexity index is 1700. The van der Waals surface area contributed by atoms with Gasteiger partial charge in [0.15, 0.2) is 17.0 Å². The van der Waals surface area contributed by atoms with Crippen molar-refractivity contribution in [2.75, 3.05) is 36.5 Å². The third kappa shape index (κ3) is 6.04. The van der Waals surface area contributed by atoms with Gasteiger partial charge in [-0.1, -0.05) is 18.2 Å². The lowest BCUT2D eigenvalue weighted by molar-refractivity contribution is -0.192. The molecule has 0 aliphatic carbocycles. The summed E-state index contributed by atoms with van der Waals surface area (Å²) in [4.78, 5) is 29.9. The van der Waals surface area contributed by atoms with Crippen LogP contribution in [-0.4, -0.2) is 72.6 Å². The van der Waals surface area contributed by atoms with Crippen molar-refractivity contribution in [2.45, 2.75) is 12.7 Å². The van der Waals surface area contributed by atoms with E-state index in [1.807, 2.05) is 37.4 Å². The first-order valence-electron chi connectivity index (χ1n) is 12.4. The third-order valence-electron chi connectivity index (χ3n) is 6.30. The molecule has 0 unspecified atom stereocenters. The number of ether oxygens (including phenoxy) is 1. The number of carboxylic acids is 1. The van der Waals surface area contributed by atoms with Gasteiger partial charge in [0.25, 0.3) is 0 Å². The minimum Gasteiger partial charge on any atom is -0.475 e. The van der Waals surface area contributed by atoms with E-state index in [0.29, 0.717) is 61.5 Å². The molecule has 0 amide bonds. The van der Waals surface area contributed by atoms with Crippen LogP contribution in [0.3, 0.4) is 0 Å². The highest BCUT2D eigenvalue weighted by molar-refractivity contribution is 5.85. The van der Waals surface area contributed by atoms with Crippen molar-refractivity contribution in [3.05, 3.63) is 66.5 Å². The summed E-state index contributed by atoms with van der Waals surface area (Å²) in [5.41, 5.74) is 3.88. The molecule has 0 bridgehead atoms. The van der Waals surface area contributed by atoms with Crippen LogP contribution in [0.15, 0.2) is 54.9 Å². The molecule has 2 aromatic carbocycles. The van der Waals surface area contributed by atoms with Crippen molar-refractivity contribution in [3.63, 3.8) is 0 Å². The maximum absolute atomic E-state index is 13.9. The summed E-state index contributed by atoms with van der Waals surface area (Å²) in [7, 11) is 2.00. The van der Waals surface area contributed by atoms with E-state index in [1.165, 1.54) is 12.1 Å². The molecule has 3 aromatic heterocycles. The highest BCUT2D eigenvalue weighted by Gasteiger charge is 2.38. The molecule has 1 aliphatic rings. The van der Waals surface area contributed by atoms with Gasteiger partial charge in [0.1, 0.15) is 18.0 Å². The van der Waals surface area contributed by atoms with Crippen molar-refractivity contribution in [1.82, 2.24) is 29.1 Å². The van der Waals surface area contributed by atoms with E-state index < -0.39 is 12.1 Å². The summed E-state index contributed by atoms with van der Waals surface area (Å²) in [6, 6.07) is 14.4. The number of carboxylic acid groups (broad SMARTS) is 1. The molecular weight excluding hydrogens is 548 g/mol. The number of aromatic nitrogens is 6. The van der Waals surface area contributed by atoms with Crippen molar-refractivity contribution < 1.29 is 32.2 Å². The quantitative estimate of drug-likeness (QED) is 0.302. The summed E-state index contributed by atoms with van der Waals surface area (Å²) in [5.74, 6) is -1.00. The van der Waals surface area contributed by atoms with Gasteiger partial charge >= 0.3 is 12.1 Å². The van der Waals surface area contributed by atoms with Crippen LogP contribution >= 0.6 is 0 Å². The molecule has 214 valence electrons. The summed E-state index contributed by atoms with van der Waals surface area (Å²) in [6.45, 7) is 3.10. The molecule has 11 nitrogen and oxygen atoms in total. The fourth-order valence-corrected chi connectivity index (χ4v) is 4.25. The van der Waals surface area contributed by atoms with Gasteiger partial charge in [0.2, 0.25) is 5.95 Å². The zero-order valence-electron chi connectivity index (χ0n) is 21.6. The summed E-state index contributed by atoms with van der Waals surface area (Å²) in [6.07, 6.45) is -3.43. The molecular formula is C26H24F4N8O3. The third-order valence-corrected chi connectivity index (χ3v) is 6.30. The second-order valence-electron chi connectivity index (χ2n) is 8.97. The first-order valence-corrected chi connectivity index (χ1v) is 12.4. The molecule has 5 aromatic rings. The number of hydrogen-bond donors (Lipinski definition) is 2. The van der Waals surface area contributed by atoms with Crippen LogP contribution < -0.4 is 10.2 Å². The predicted octanol–water partition coefficient (Wildman–Crippen LogP) is 3.92. The first kappa shape index (κ1) is 27.8. The number of para-hydroxylation sites is 2. The van der Waals surface area contributed by atoms with E-state index in [0.717, 1.165) is 16.9 Å². The molecule has 1 aliphatic heterocycles. The number of anilines is 2. The van der Waals surface area contributed by atoms with E-state index >= 15 is 0 Å². The second kappa shape index (κ2) is 11.4. The fourth-order valence-electron chi connectivity index (χ4n) is 4.25. The fraction of sp³-hybridized carbons (Fsp3) is 0.269. The lowest BCUT2D eigenvalue weighted by Crippen LogP contribution is -2.37. The number of fused-ring (bicyclic) bond motifs is 2. The van der Waals surface area contributed by atoms with Gasteiger partial charge in [-0.3, -0.25) is 4.57 Å². The van der Waals surface area contributed by atoms with Gasteiger partial charge < -0.3 is 24.6 Å². The lowest BCUT2D eigenvalue weighted by atomic mass is 10.3. The van der Waals surface area contributed by atoms with Gasteiger partial charge in [-0.25, -0.2) is 19.2 Å². The van der Waals surface area contributed by atoms with E-state index in [9.17, 15) is 17.6 Å². The second-order valence-corrected chi connectivity index (χ2v) is 8.97. The zero-order chi connectivity index (χ0) is 29.1. The van der Waals surface area contributed by atoms with Crippen molar-refractivity contribution in [3.8, 4) is 5.69 Å². The lowest BCUT2D eigenvalue weighted by Gasteiger charge is -2.27. The topological polar surface area (TPSA) is 123 Å². The molecule has 41 heavy (non-hydrogen) atoms. The Morgan fingerprint density at radius 3 is 2.49 bits per heavy atom. The minimum atomic E-state index is -5.08. The number of morpholine rings is 1. The number of aliphatic carboxylic acids is 1. The van der Waals surface area contributed by atoms with Gasteiger partial charge in [0, 0.05) is 20.1 Å². The number of aryl methyl sites for hydroxylation is 1. The molecule has 0 atom stereocenters. The standard InChI is InChI=1S/C24H23FN8O.C2HF3O2/c1-31-19-8-3-2-7-18(19)28-20(31)14-26-22-21-23(30-24(29-22)32-9-11-34-12-10-32)33(15-27-21)17-6-4-5-16(25)13-17;3-2(4,5)1(6)7/h2-8,13,15H,9-12,14H2,1H3,(H,26,29,30);(H,6,7). The molecule has 0 radical (unpaired) electrons. The van der Waals surface area contributed by atoms with Crippen LogP contribution in [0.4, 0.5) is 29.3 Å². The van der Waals surface area contributed by atoms with Crippen LogP contribution in [0, 0.1) is 5.82 Å². The normalized spacial score (nSPS) is 13.7. The minimum absolute atomic E-state index is 0.318. The van der Waals surface area contributed by atoms with E-state index in [1.54, 1.807) is 17.0 Å². The maximum Gasteiger partial charge on any atom is 0.490 e. The number of imidazole rings is 2. The van der Waals surface area contributed by atoms with Crippen molar-refractivity contribution in [2.24, 2.45) is 7.05 Å². The predicted molar refractivity (Wildman–Crippen MR) is 141 cm³/mol. The van der Waals surface area contributed by atoms with Crippen LogP contribution in [0.5, 0.6) is 0 Å².